The second-order valence-electron chi connectivity index (χ2n) is 5.24. The molecule has 2 rings (SSSR count). The van der Waals surface area contributed by atoms with Gasteiger partial charge in [-0.2, -0.15) is 0 Å². The van der Waals surface area contributed by atoms with E-state index < -0.39 is 0 Å². The molecule has 84 valence electrons. The number of hydrazine groups is 1. The van der Waals surface area contributed by atoms with Gasteiger partial charge in [0.15, 0.2) is 0 Å². The first-order valence-corrected chi connectivity index (χ1v) is 6.39. The summed E-state index contributed by atoms with van der Waals surface area (Å²) in [4.78, 5) is 3.12. The highest BCUT2D eigenvalue weighted by Crippen LogP contribution is 2.37. The van der Waals surface area contributed by atoms with Crippen LogP contribution in [0, 0.1) is 6.92 Å². The molecular weight excluding hydrogens is 204 g/mol. The standard InChI is InChI=1S/C12H20N2S/c1-8-9-7-14-13-6-5-10(9)15-11(8)12(2,3)4/h13-14H,5-7H2,1-4H3. The highest BCUT2D eigenvalue weighted by molar-refractivity contribution is 7.12. The molecule has 1 aromatic rings. The average molecular weight is 224 g/mol. The van der Waals surface area contributed by atoms with E-state index in [4.69, 9.17) is 0 Å². The lowest BCUT2D eigenvalue weighted by Gasteiger charge is -2.18. The molecule has 0 radical (unpaired) electrons. The van der Waals surface area contributed by atoms with Crippen LogP contribution in [0.25, 0.3) is 0 Å². The molecular formula is C12H20N2S. The maximum Gasteiger partial charge on any atom is 0.0364 e. The van der Waals surface area contributed by atoms with E-state index >= 15 is 0 Å². The number of thiophene rings is 1. The topological polar surface area (TPSA) is 24.1 Å². The molecule has 0 saturated carbocycles. The monoisotopic (exact) mass is 224 g/mol. The third-order valence-corrected chi connectivity index (χ3v) is 4.72. The van der Waals surface area contributed by atoms with E-state index in [1.54, 1.807) is 9.75 Å². The summed E-state index contributed by atoms with van der Waals surface area (Å²) in [5.41, 5.74) is 9.80. The third kappa shape index (κ3) is 2.10. The van der Waals surface area contributed by atoms with Gasteiger partial charge >= 0.3 is 0 Å². The maximum atomic E-state index is 3.27. The normalized spacial score (nSPS) is 17.3. The van der Waals surface area contributed by atoms with Crippen LogP contribution in [-0.2, 0) is 18.4 Å². The molecule has 0 bridgehead atoms. The van der Waals surface area contributed by atoms with E-state index in [-0.39, 0.29) is 5.41 Å². The van der Waals surface area contributed by atoms with Crippen molar-refractivity contribution in [1.82, 2.24) is 10.9 Å². The third-order valence-electron chi connectivity index (χ3n) is 2.90. The Kier molecular flexibility index (Phi) is 2.88. The van der Waals surface area contributed by atoms with Crippen LogP contribution in [0.1, 0.15) is 41.7 Å². The van der Waals surface area contributed by atoms with E-state index in [1.807, 2.05) is 11.3 Å². The van der Waals surface area contributed by atoms with Crippen LogP contribution in [0.2, 0.25) is 0 Å². The summed E-state index contributed by atoms with van der Waals surface area (Å²) in [6.07, 6.45) is 1.16. The van der Waals surface area contributed by atoms with Gasteiger partial charge in [0.1, 0.15) is 0 Å². The molecule has 1 aliphatic rings. The first kappa shape index (κ1) is 11.1. The van der Waals surface area contributed by atoms with Crippen molar-refractivity contribution in [2.24, 2.45) is 0 Å². The van der Waals surface area contributed by atoms with Crippen LogP contribution in [-0.4, -0.2) is 6.54 Å². The Bertz CT molecular complexity index is 360. The molecule has 0 unspecified atom stereocenters. The summed E-state index contributed by atoms with van der Waals surface area (Å²) >= 11 is 2.00. The molecule has 2 nitrogen and oxygen atoms in total. The Hall–Kier alpha value is -0.380. The number of nitrogens with one attached hydrogen (secondary N) is 2. The smallest absolute Gasteiger partial charge is 0.0364 e. The Morgan fingerprint density at radius 2 is 1.93 bits per heavy atom. The summed E-state index contributed by atoms with van der Waals surface area (Å²) in [7, 11) is 0. The predicted molar refractivity (Wildman–Crippen MR) is 66.3 cm³/mol. The molecule has 0 fully saturated rings. The maximum absolute atomic E-state index is 3.27. The summed E-state index contributed by atoms with van der Waals surface area (Å²) in [6, 6.07) is 0. The Balaban J connectivity index is 2.45. The van der Waals surface area contributed by atoms with Crippen molar-refractivity contribution in [3.05, 3.63) is 20.9 Å². The summed E-state index contributed by atoms with van der Waals surface area (Å²) < 4.78 is 0. The molecule has 0 saturated heterocycles. The van der Waals surface area contributed by atoms with Gasteiger partial charge in [0.2, 0.25) is 0 Å². The lowest BCUT2D eigenvalue weighted by molar-refractivity contribution is 0.551. The van der Waals surface area contributed by atoms with Crippen LogP contribution in [0.5, 0.6) is 0 Å². The quantitative estimate of drug-likeness (QED) is 0.707. The molecule has 3 heteroatoms. The summed E-state index contributed by atoms with van der Waals surface area (Å²) in [5.74, 6) is 0. The molecule has 2 heterocycles. The minimum absolute atomic E-state index is 0.286. The molecule has 2 N–H and O–H groups in total. The first-order valence-electron chi connectivity index (χ1n) is 5.57. The van der Waals surface area contributed by atoms with Gasteiger partial charge < -0.3 is 0 Å². The Morgan fingerprint density at radius 3 is 2.60 bits per heavy atom. The van der Waals surface area contributed by atoms with Crippen molar-refractivity contribution in [2.45, 2.75) is 46.1 Å². The molecule has 0 aliphatic carbocycles. The zero-order chi connectivity index (χ0) is 11.1. The van der Waals surface area contributed by atoms with Crippen molar-refractivity contribution >= 4 is 11.3 Å². The number of rotatable bonds is 0. The van der Waals surface area contributed by atoms with Gasteiger partial charge in [0, 0.05) is 22.8 Å². The molecule has 15 heavy (non-hydrogen) atoms. The number of fused-ring (bicyclic) bond motifs is 1. The highest BCUT2D eigenvalue weighted by atomic mass is 32.1. The van der Waals surface area contributed by atoms with E-state index in [9.17, 15) is 0 Å². The highest BCUT2D eigenvalue weighted by Gasteiger charge is 2.24. The van der Waals surface area contributed by atoms with E-state index in [0.29, 0.717) is 0 Å². The minimum Gasteiger partial charge on any atom is -0.257 e. The van der Waals surface area contributed by atoms with Crippen LogP contribution >= 0.6 is 11.3 Å². The second-order valence-corrected chi connectivity index (χ2v) is 6.34. The lowest BCUT2D eigenvalue weighted by Crippen LogP contribution is -2.30. The molecule has 0 amide bonds. The van der Waals surface area contributed by atoms with Crippen molar-refractivity contribution in [3.8, 4) is 0 Å². The lowest BCUT2D eigenvalue weighted by atomic mass is 9.90. The molecule has 0 spiro atoms. The van der Waals surface area contributed by atoms with Gasteiger partial charge in [-0.3, -0.25) is 10.9 Å². The fourth-order valence-corrected chi connectivity index (χ4v) is 3.55. The van der Waals surface area contributed by atoms with Crippen LogP contribution in [0.15, 0.2) is 0 Å². The first-order chi connectivity index (χ1) is 7.00. The van der Waals surface area contributed by atoms with Gasteiger partial charge in [-0.25, -0.2) is 0 Å². The molecule has 0 aromatic carbocycles. The predicted octanol–water partition coefficient (Wildman–Crippen LogP) is 2.50. The van der Waals surface area contributed by atoms with E-state index in [2.05, 4.69) is 38.5 Å². The zero-order valence-corrected chi connectivity index (χ0v) is 10.8. The second kappa shape index (κ2) is 3.89. The number of hydrogen-bond acceptors (Lipinski definition) is 3. The summed E-state index contributed by atoms with van der Waals surface area (Å²) in [5, 5.41) is 0. The minimum atomic E-state index is 0.286. The van der Waals surface area contributed by atoms with Crippen LogP contribution in [0.3, 0.4) is 0 Å². The average Bonchev–Trinajstić information content (AvgIpc) is 2.36. The molecule has 1 aliphatic heterocycles. The van der Waals surface area contributed by atoms with Gasteiger partial charge in [0.05, 0.1) is 0 Å². The fraction of sp³-hybridized carbons (Fsp3) is 0.667. The van der Waals surface area contributed by atoms with Gasteiger partial charge in [0.25, 0.3) is 0 Å². The van der Waals surface area contributed by atoms with Gasteiger partial charge in [-0.1, -0.05) is 20.8 Å². The van der Waals surface area contributed by atoms with Crippen molar-refractivity contribution in [2.75, 3.05) is 6.54 Å². The Morgan fingerprint density at radius 1 is 1.20 bits per heavy atom. The van der Waals surface area contributed by atoms with Gasteiger partial charge in [-0.05, 0) is 29.9 Å². The van der Waals surface area contributed by atoms with Crippen LogP contribution in [0.4, 0.5) is 0 Å². The van der Waals surface area contributed by atoms with Crippen molar-refractivity contribution in [3.63, 3.8) is 0 Å². The van der Waals surface area contributed by atoms with E-state index in [1.165, 1.54) is 11.1 Å². The van der Waals surface area contributed by atoms with E-state index in [0.717, 1.165) is 19.5 Å². The van der Waals surface area contributed by atoms with Crippen molar-refractivity contribution < 1.29 is 0 Å². The molecule has 0 atom stereocenters. The fourth-order valence-electron chi connectivity index (χ4n) is 2.17. The number of hydrogen-bond donors (Lipinski definition) is 2. The zero-order valence-electron chi connectivity index (χ0n) is 10.0. The van der Waals surface area contributed by atoms with Crippen molar-refractivity contribution in [1.29, 1.82) is 0 Å². The summed E-state index contributed by atoms with van der Waals surface area (Å²) in [6.45, 7) is 11.2. The van der Waals surface area contributed by atoms with Gasteiger partial charge in [-0.15, -0.1) is 11.3 Å². The van der Waals surface area contributed by atoms with Crippen LogP contribution < -0.4 is 10.9 Å². The Labute approximate surface area is 96.1 Å². The largest absolute Gasteiger partial charge is 0.257 e. The SMILES string of the molecule is Cc1c(C(C)(C)C)sc2c1CNNCC2. The molecule has 1 aromatic heterocycles.